The lowest BCUT2D eigenvalue weighted by atomic mass is 10.2. The molecule has 9 heteroatoms. The van der Waals surface area contributed by atoms with Gasteiger partial charge in [0.25, 0.3) is 5.89 Å². The van der Waals surface area contributed by atoms with Crippen molar-refractivity contribution < 1.29 is 28.4 Å². The summed E-state index contributed by atoms with van der Waals surface area (Å²) in [5.74, 6) is -0.0162. The fraction of sp³-hybridized carbons (Fsp3) is 0.190. The van der Waals surface area contributed by atoms with Gasteiger partial charge in [0, 0.05) is 18.4 Å². The predicted molar refractivity (Wildman–Crippen MR) is 104 cm³/mol. The number of amides is 2. The number of benzene rings is 2. The average molecular weight is 407 g/mol. The van der Waals surface area contributed by atoms with Gasteiger partial charge in [0.2, 0.25) is 17.6 Å². The van der Waals surface area contributed by atoms with Gasteiger partial charge in [-0.2, -0.15) is 4.98 Å². The maximum absolute atomic E-state index is 12.4. The zero-order chi connectivity index (χ0) is 21.1. The van der Waals surface area contributed by atoms with Gasteiger partial charge >= 0.3 is 5.97 Å². The number of esters is 1. The molecule has 9 nitrogen and oxygen atoms in total. The molecule has 0 saturated carbocycles. The molecule has 1 aromatic heterocycles. The van der Waals surface area contributed by atoms with Crippen LogP contribution >= 0.6 is 0 Å². The zero-order valence-electron chi connectivity index (χ0n) is 16.0. The molecule has 0 aliphatic carbocycles. The third-order valence-electron chi connectivity index (χ3n) is 4.53. The second kappa shape index (κ2) is 8.16. The van der Waals surface area contributed by atoms with Crippen LogP contribution in [0.2, 0.25) is 0 Å². The molecule has 0 bridgehead atoms. The van der Waals surface area contributed by atoms with Crippen LogP contribution in [0.1, 0.15) is 29.0 Å². The van der Waals surface area contributed by atoms with Crippen molar-refractivity contribution in [3.63, 3.8) is 0 Å². The number of hydrogen-bond donors (Lipinski definition) is 0. The van der Waals surface area contributed by atoms with Crippen molar-refractivity contribution in [3.05, 3.63) is 59.9 Å². The van der Waals surface area contributed by atoms with Crippen molar-refractivity contribution >= 4 is 23.5 Å². The maximum atomic E-state index is 12.4. The number of ether oxygens (including phenoxy) is 2. The molecule has 3 aromatic rings. The van der Waals surface area contributed by atoms with Gasteiger partial charge < -0.3 is 14.0 Å². The number of rotatable bonds is 6. The van der Waals surface area contributed by atoms with E-state index in [-0.39, 0.29) is 48.5 Å². The molecule has 4 rings (SSSR count). The molecule has 0 atom stereocenters. The summed E-state index contributed by atoms with van der Waals surface area (Å²) in [5, 5.41) is 3.81. The number of carbonyl (C=O) groups excluding carboxylic acids is 3. The predicted octanol–water partition coefficient (Wildman–Crippen LogP) is 2.76. The van der Waals surface area contributed by atoms with E-state index in [1.165, 1.54) is 12.1 Å². The van der Waals surface area contributed by atoms with Crippen LogP contribution in [0.15, 0.2) is 53.1 Å². The number of imide groups is 1. The van der Waals surface area contributed by atoms with Crippen LogP contribution in [0.4, 0.5) is 5.69 Å². The lowest BCUT2D eigenvalue weighted by Crippen LogP contribution is -2.28. The highest BCUT2D eigenvalue weighted by Gasteiger charge is 2.30. The fourth-order valence-electron chi connectivity index (χ4n) is 3.01. The van der Waals surface area contributed by atoms with E-state index in [9.17, 15) is 14.4 Å². The van der Waals surface area contributed by atoms with Gasteiger partial charge in [-0.05, 0) is 42.5 Å². The highest BCUT2D eigenvalue weighted by Crippen LogP contribution is 2.24. The SMILES string of the molecule is COc1ccc(-c2nc(COC(=O)c3cccc(N4C(=O)CCC4=O)c3)no2)cc1. The highest BCUT2D eigenvalue weighted by atomic mass is 16.5. The number of carbonyl (C=O) groups is 3. The monoisotopic (exact) mass is 407 g/mol. The van der Waals surface area contributed by atoms with E-state index < -0.39 is 5.97 Å². The second-order valence-electron chi connectivity index (χ2n) is 6.49. The van der Waals surface area contributed by atoms with E-state index >= 15 is 0 Å². The summed E-state index contributed by atoms with van der Waals surface area (Å²) in [6, 6.07) is 13.2. The standard InChI is InChI=1S/C21H17N3O6/c1-28-16-7-5-13(6-8-16)20-22-17(23-30-20)12-29-21(27)14-3-2-4-15(11-14)24-18(25)9-10-19(24)26/h2-8,11H,9-10,12H2,1H3. The van der Waals surface area contributed by atoms with E-state index in [0.717, 1.165) is 4.90 Å². The van der Waals surface area contributed by atoms with Crippen LogP contribution in [0.5, 0.6) is 5.75 Å². The van der Waals surface area contributed by atoms with E-state index in [4.69, 9.17) is 14.0 Å². The first-order valence-corrected chi connectivity index (χ1v) is 9.15. The van der Waals surface area contributed by atoms with Gasteiger partial charge in [0.15, 0.2) is 6.61 Å². The van der Waals surface area contributed by atoms with E-state index in [0.29, 0.717) is 17.0 Å². The van der Waals surface area contributed by atoms with Crippen LogP contribution in [-0.2, 0) is 20.9 Å². The van der Waals surface area contributed by atoms with E-state index in [2.05, 4.69) is 10.1 Å². The van der Waals surface area contributed by atoms with E-state index in [1.807, 2.05) is 0 Å². The number of hydrogen-bond acceptors (Lipinski definition) is 8. The van der Waals surface area contributed by atoms with Gasteiger partial charge in [-0.15, -0.1) is 0 Å². The second-order valence-corrected chi connectivity index (χ2v) is 6.49. The third kappa shape index (κ3) is 3.90. The van der Waals surface area contributed by atoms with Crippen LogP contribution < -0.4 is 9.64 Å². The first-order valence-electron chi connectivity index (χ1n) is 9.15. The van der Waals surface area contributed by atoms with Gasteiger partial charge in [0.05, 0.1) is 18.4 Å². The summed E-state index contributed by atoms with van der Waals surface area (Å²) in [4.78, 5) is 41.4. The fourth-order valence-corrected chi connectivity index (χ4v) is 3.01. The summed E-state index contributed by atoms with van der Waals surface area (Å²) in [5.41, 5.74) is 1.26. The van der Waals surface area contributed by atoms with Crippen LogP contribution in [0.25, 0.3) is 11.5 Å². The Morgan fingerprint density at radius 2 is 1.83 bits per heavy atom. The Hall–Kier alpha value is -4.01. The molecule has 2 aromatic carbocycles. The number of nitrogens with zero attached hydrogens (tertiary/aromatic N) is 3. The maximum Gasteiger partial charge on any atom is 0.338 e. The summed E-state index contributed by atoms with van der Waals surface area (Å²) in [7, 11) is 1.57. The minimum absolute atomic E-state index is 0.169. The summed E-state index contributed by atoms with van der Waals surface area (Å²) in [6.07, 6.45) is 0.337. The lowest BCUT2D eigenvalue weighted by molar-refractivity contribution is -0.121. The zero-order valence-corrected chi connectivity index (χ0v) is 16.0. The molecule has 152 valence electrons. The number of aromatic nitrogens is 2. The van der Waals surface area contributed by atoms with Gasteiger partial charge in [0.1, 0.15) is 5.75 Å². The van der Waals surface area contributed by atoms with Crippen molar-refractivity contribution in [2.45, 2.75) is 19.4 Å². The first-order chi connectivity index (χ1) is 14.5. The Morgan fingerprint density at radius 3 is 2.53 bits per heavy atom. The lowest BCUT2D eigenvalue weighted by Gasteiger charge is -2.14. The Morgan fingerprint density at radius 1 is 1.10 bits per heavy atom. The van der Waals surface area contributed by atoms with E-state index in [1.54, 1.807) is 43.5 Å². The average Bonchev–Trinajstić information content (AvgIpc) is 3.38. The normalized spacial score (nSPS) is 13.6. The smallest absolute Gasteiger partial charge is 0.338 e. The van der Waals surface area contributed by atoms with Crippen molar-refractivity contribution in [1.29, 1.82) is 0 Å². The molecule has 30 heavy (non-hydrogen) atoms. The van der Waals surface area contributed by atoms with Gasteiger partial charge in [-0.3, -0.25) is 14.5 Å². The molecule has 1 aliphatic heterocycles. The molecule has 1 aliphatic rings. The minimum atomic E-state index is -0.633. The molecule has 0 spiro atoms. The molecule has 0 unspecified atom stereocenters. The van der Waals surface area contributed by atoms with Gasteiger partial charge in [-0.1, -0.05) is 11.2 Å². The summed E-state index contributed by atoms with van der Waals surface area (Å²) >= 11 is 0. The first kappa shape index (κ1) is 19.3. The van der Waals surface area contributed by atoms with Crippen LogP contribution in [0.3, 0.4) is 0 Å². The topological polar surface area (TPSA) is 112 Å². The molecule has 0 N–H and O–H groups in total. The summed E-state index contributed by atoms with van der Waals surface area (Å²) < 4.78 is 15.5. The Balaban J connectivity index is 1.41. The minimum Gasteiger partial charge on any atom is -0.497 e. The summed E-state index contributed by atoms with van der Waals surface area (Å²) in [6.45, 7) is -0.190. The Kier molecular flexibility index (Phi) is 5.25. The Labute approximate surface area is 171 Å². The van der Waals surface area contributed by atoms with Crippen molar-refractivity contribution in [2.24, 2.45) is 0 Å². The molecule has 1 fully saturated rings. The molecular formula is C21H17N3O6. The highest BCUT2D eigenvalue weighted by molar-refractivity contribution is 6.20. The third-order valence-corrected chi connectivity index (χ3v) is 4.53. The van der Waals surface area contributed by atoms with Crippen molar-refractivity contribution in [3.8, 4) is 17.2 Å². The number of methoxy groups -OCH3 is 1. The van der Waals surface area contributed by atoms with Crippen LogP contribution in [-0.4, -0.2) is 35.0 Å². The molecule has 1 saturated heterocycles. The Bertz CT molecular complexity index is 1090. The molecule has 2 amide bonds. The van der Waals surface area contributed by atoms with Crippen molar-refractivity contribution in [2.75, 3.05) is 12.0 Å². The quantitative estimate of drug-likeness (QED) is 0.453. The molecular weight excluding hydrogens is 390 g/mol. The molecule has 2 heterocycles. The largest absolute Gasteiger partial charge is 0.497 e. The number of anilines is 1. The van der Waals surface area contributed by atoms with Crippen molar-refractivity contribution in [1.82, 2.24) is 10.1 Å². The molecule has 0 radical (unpaired) electrons. The van der Waals surface area contributed by atoms with Gasteiger partial charge in [-0.25, -0.2) is 4.79 Å². The van der Waals surface area contributed by atoms with Crippen LogP contribution in [0, 0.1) is 0 Å².